The Labute approximate surface area is 161 Å². The average molecular weight is 379 g/mol. The van der Waals surface area contributed by atoms with E-state index in [1.54, 1.807) is 6.07 Å². The summed E-state index contributed by atoms with van der Waals surface area (Å²) in [6.07, 6.45) is 3.08. The van der Waals surface area contributed by atoms with Crippen LogP contribution in [-0.4, -0.2) is 20.7 Å². The number of carbonyl (C=O) groups excluding carboxylic acids is 1. The van der Waals surface area contributed by atoms with Crippen LogP contribution in [0.5, 0.6) is 0 Å². The highest BCUT2D eigenvalue weighted by molar-refractivity contribution is 6.30. The third-order valence-electron chi connectivity index (χ3n) is 4.61. The molecule has 0 saturated heterocycles. The normalized spacial score (nSPS) is 11.2. The van der Waals surface area contributed by atoms with Gasteiger partial charge in [-0.15, -0.1) is 0 Å². The predicted molar refractivity (Wildman–Crippen MR) is 108 cm³/mol. The molecule has 5 nitrogen and oxygen atoms in total. The molecule has 27 heavy (non-hydrogen) atoms. The zero-order chi connectivity index (χ0) is 19.0. The van der Waals surface area contributed by atoms with Crippen LogP contribution in [0.1, 0.15) is 28.7 Å². The van der Waals surface area contributed by atoms with E-state index < -0.39 is 5.91 Å². The summed E-state index contributed by atoms with van der Waals surface area (Å²) in [7, 11) is 0. The molecule has 2 aromatic carbocycles. The molecular weight excluding hydrogens is 360 g/mol. The largest absolute Gasteiger partial charge is 0.364 e. The monoisotopic (exact) mass is 378 g/mol. The summed E-state index contributed by atoms with van der Waals surface area (Å²) in [5.41, 5.74) is 10.7. The van der Waals surface area contributed by atoms with E-state index in [9.17, 15) is 4.79 Å². The van der Waals surface area contributed by atoms with E-state index in [1.165, 1.54) is 5.69 Å². The fourth-order valence-electron chi connectivity index (χ4n) is 3.19. The Balaban J connectivity index is 1.80. The molecular formula is C21H19ClN4O. The molecule has 0 atom stereocenters. The number of hydrogen-bond acceptors (Lipinski definition) is 2. The zero-order valence-corrected chi connectivity index (χ0v) is 15.6. The quantitative estimate of drug-likeness (QED) is 0.540. The lowest BCUT2D eigenvalue weighted by atomic mass is 9.99. The summed E-state index contributed by atoms with van der Waals surface area (Å²) in [4.78, 5) is 16.2. The molecule has 0 fully saturated rings. The zero-order valence-electron chi connectivity index (χ0n) is 14.9. The fourth-order valence-corrected chi connectivity index (χ4v) is 3.31. The number of nitrogens with zero attached hydrogens (tertiary/aromatic N) is 2. The van der Waals surface area contributed by atoms with Crippen LogP contribution in [0.3, 0.4) is 0 Å². The molecule has 4 aromatic rings. The van der Waals surface area contributed by atoms with E-state index in [0.29, 0.717) is 5.02 Å². The van der Waals surface area contributed by atoms with Crippen molar-refractivity contribution in [1.82, 2.24) is 14.8 Å². The number of amides is 1. The Hall–Kier alpha value is -3.05. The molecule has 0 bridgehead atoms. The van der Waals surface area contributed by atoms with Crippen LogP contribution in [0.2, 0.25) is 5.02 Å². The molecule has 6 heteroatoms. The molecule has 0 radical (unpaired) electrons. The number of aryl methyl sites for hydroxylation is 1. The molecule has 0 unspecified atom stereocenters. The number of pyridine rings is 1. The van der Waals surface area contributed by atoms with E-state index in [-0.39, 0.29) is 5.69 Å². The fraction of sp³-hybridized carbons (Fsp3) is 0.143. The summed E-state index contributed by atoms with van der Waals surface area (Å²) in [5.74, 6) is -0.544. The van der Waals surface area contributed by atoms with Gasteiger partial charge in [0, 0.05) is 22.3 Å². The molecule has 0 aliphatic heterocycles. The van der Waals surface area contributed by atoms with Gasteiger partial charge >= 0.3 is 0 Å². The van der Waals surface area contributed by atoms with E-state index in [4.69, 9.17) is 17.3 Å². The van der Waals surface area contributed by atoms with Crippen molar-refractivity contribution in [3.05, 3.63) is 76.7 Å². The van der Waals surface area contributed by atoms with Gasteiger partial charge in [-0.3, -0.25) is 9.48 Å². The van der Waals surface area contributed by atoms with Crippen molar-refractivity contribution in [2.75, 3.05) is 0 Å². The molecule has 4 rings (SSSR count). The molecule has 3 N–H and O–H groups in total. The Bertz CT molecular complexity index is 1110. The molecule has 2 heterocycles. The number of rotatable bonds is 5. The van der Waals surface area contributed by atoms with Crippen molar-refractivity contribution >= 4 is 28.4 Å². The highest BCUT2D eigenvalue weighted by atomic mass is 35.5. The number of H-pyrrole nitrogens is 1. The standard InChI is InChI=1S/C21H19ClN4O/c1-2-16-12-26(25-16)11-13-3-8-17-18(14-4-6-15(22)7-5-14)10-20(21(23)27)24-19(17)9-13/h3-10,12,25H,2,11H2,1H3,(H2,23,27). The molecule has 1 amide bonds. The highest BCUT2D eigenvalue weighted by Gasteiger charge is 2.12. The first-order valence-electron chi connectivity index (χ1n) is 8.77. The topological polar surface area (TPSA) is 76.7 Å². The summed E-state index contributed by atoms with van der Waals surface area (Å²) < 4.78 is 2.03. The number of aromatic amines is 1. The van der Waals surface area contributed by atoms with Gasteiger partial charge < -0.3 is 10.8 Å². The lowest BCUT2D eigenvalue weighted by Crippen LogP contribution is -2.14. The summed E-state index contributed by atoms with van der Waals surface area (Å²) in [6, 6.07) is 15.4. The number of halogens is 1. The molecule has 136 valence electrons. The van der Waals surface area contributed by atoms with Crippen LogP contribution in [0.25, 0.3) is 22.0 Å². The van der Waals surface area contributed by atoms with E-state index in [1.807, 2.05) is 41.1 Å². The molecule has 0 aliphatic carbocycles. The van der Waals surface area contributed by atoms with Crippen molar-refractivity contribution in [2.24, 2.45) is 5.73 Å². The van der Waals surface area contributed by atoms with Gasteiger partial charge in [-0.1, -0.05) is 42.8 Å². The maximum atomic E-state index is 11.8. The maximum absolute atomic E-state index is 11.8. The Kier molecular flexibility index (Phi) is 4.46. The lowest BCUT2D eigenvalue weighted by molar-refractivity contribution is 0.0996. The first kappa shape index (κ1) is 17.4. The Morgan fingerprint density at radius 1 is 1.19 bits per heavy atom. The lowest BCUT2D eigenvalue weighted by Gasteiger charge is -2.15. The van der Waals surface area contributed by atoms with Gasteiger partial charge in [0.25, 0.3) is 5.91 Å². The van der Waals surface area contributed by atoms with Gasteiger partial charge in [-0.2, -0.15) is 0 Å². The Morgan fingerprint density at radius 2 is 1.93 bits per heavy atom. The number of hydrogen-bond donors (Lipinski definition) is 2. The van der Waals surface area contributed by atoms with Crippen molar-refractivity contribution in [3.63, 3.8) is 0 Å². The second-order valence-electron chi connectivity index (χ2n) is 6.53. The molecule has 0 aliphatic rings. The van der Waals surface area contributed by atoms with Crippen LogP contribution >= 0.6 is 11.6 Å². The van der Waals surface area contributed by atoms with Gasteiger partial charge in [0.2, 0.25) is 0 Å². The number of aromatic nitrogens is 3. The van der Waals surface area contributed by atoms with Crippen LogP contribution < -0.4 is 5.73 Å². The van der Waals surface area contributed by atoms with Crippen molar-refractivity contribution in [3.8, 4) is 11.1 Å². The highest BCUT2D eigenvalue weighted by Crippen LogP contribution is 2.30. The Morgan fingerprint density at radius 3 is 2.59 bits per heavy atom. The SMILES string of the molecule is CCc1cn(Cc2ccc3c(-c4ccc(Cl)cc4)cc(C(N)=O)nc3c2)[nH]1. The minimum atomic E-state index is -0.544. The minimum absolute atomic E-state index is 0.250. The van der Waals surface area contributed by atoms with Gasteiger partial charge in [-0.25, -0.2) is 4.98 Å². The third-order valence-corrected chi connectivity index (χ3v) is 4.87. The van der Waals surface area contributed by atoms with Gasteiger partial charge in [0.1, 0.15) is 5.69 Å². The van der Waals surface area contributed by atoms with Crippen molar-refractivity contribution in [1.29, 1.82) is 0 Å². The van der Waals surface area contributed by atoms with E-state index >= 15 is 0 Å². The van der Waals surface area contributed by atoms with Gasteiger partial charge in [0.05, 0.1) is 12.1 Å². The van der Waals surface area contributed by atoms with Crippen molar-refractivity contribution < 1.29 is 4.79 Å². The molecule has 2 aromatic heterocycles. The summed E-state index contributed by atoms with van der Waals surface area (Å²) >= 11 is 6.01. The van der Waals surface area contributed by atoms with E-state index in [2.05, 4.69) is 29.3 Å². The number of carbonyl (C=O) groups is 1. The van der Waals surface area contributed by atoms with Crippen LogP contribution in [-0.2, 0) is 13.0 Å². The van der Waals surface area contributed by atoms with Crippen LogP contribution in [0.4, 0.5) is 0 Å². The second kappa shape index (κ2) is 6.93. The third kappa shape index (κ3) is 3.46. The summed E-state index contributed by atoms with van der Waals surface area (Å²) in [6.45, 7) is 2.83. The van der Waals surface area contributed by atoms with E-state index in [0.717, 1.165) is 40.6 Å². The molecule has 0 spiro atoms. The van der Waals surface area contributed by atoms with Crippen LogP contribution in [0.15, 0.2) is 54.7 Å². The van der Waals surface area contributed by atoms with Crippen LogP contribution in [0, 0.1) is 0 Å². The minimum Gasteiger partial charge on any atom is -0.364 e. The van der Waals surface area contributed by atoms with Crippen molar-refractivity contribution in [2.45, 2.75) is 19.9 Å². The molecule has 0 saturated carbocycles. The van der Waals surface area contributed by atoms with Gasteiger partial charge in [-0.05, 0) is 47.4 Å². The maximum Gasteiger partial charge on any atom is 0.267 e. The number of fused-ring (bicyclic) bond motifs is 1. The number of benzene rings is 2. The number of primary amides is 1. The average Bonchev–Trinajstić information content (AvgIpc) is 2.63. The number of nitrogens with two attached hydrogens (primary N) is 1. The number of nitrogens with one attached hydrogen (secondary N) is 1. The summed E-state index contributed by atoms with van der Waals surface area (Å²) in [5, 5.41) is 4.91. The smallest absolute Gasteiger partial charge is 0.267 e. The second-order valence-corrected chi connectivity index (χ2v) is 6.96. The first-order valence-corrected chi connectivity index (χ1v) is 9.14. The predicted octanol–water partition coefficient (Wildman–Crippen LogP) is 4.39. The van der Waals surface area contributed by atoms with Gasteiger partial charge in [0.15, 0.2) is 0 Å². The first-order chi connectivity index (χ1) is 13.0.